The van der Waals surface area contributed by atoms with Crippen molar-refractivity contribution in [3.05, 3.63) is 35.9 Å². The first-order chi connectivity index (χ1) is 11.1. The lowest BCUT2D eigenvalue weighted by Gasteiger charge is -2.30. The molecule has 0 radical (unpaired) electrons. The molecule has 0 aromatic heterocycles. The molecular weight excluding hydrogens is 312 g/mol. The smallest absolute Gasteiger partial charge is 0.243 e. The first-order valence-electron chi connectivity index (χ1n) is 7.81. The van der Waals surface area contributed by atoms with Gasteiger partial charge in [0, 0.05) is 25.3 Å². The summed E-state index contributed by atoms with van der Waals surface area (Å²) >= 11 is 1.64. The molecule has 1 fully saturated rings. The summed E-state index contributed by atoms with van der Waals surface area (Å²) in [5.74, 6) is 0.364. The largest absolute Gasteiger partial charge is 0.383 e. The van der Waals surface area contributed by atoms with E-state index >= 15 is 0 Å². The molecule has 2 rings (SSSR count). The number of nitrogens with zero attached hydrogens (tertiary/aromatic N) is 1. The standard InChI is InChI=1S/C17H24N2O3S/c1-12(2)16(21)19-14(15(20)18-9-10-22-3)11-23-17(19)13-7-5-4-6-8-13/h4-8,12,14,17H,9-11H2,1-3H3,(H,18,20)/t14-,17-/m0/s1. The summed E-state index contributed by atoms with van der Waals surface area (Å²) in [6.45, 7) is 4.66. The molecule has 0 bridgehead atoms. The molecule has 1 heterocycles. The molecule has 2 amide bonds. The maximum atomic E-state index is 12.7. The van der Waals surface area contributed by atoms with E-state index in [4.69, 9.17) is 4.74 Å². The molecule has 0 spiro atoms. The number of carbonyl (C=O) groups is 2. The summed E-state index contributed by atoms with van der Waals surface area (Å²) in [6, 6.07) is 9.44. The summed E-state index contributed by atoms with van der Waals surface area (Å²) in [7, 11) is 1.59. The van der Waals surface area contributed by atoms with Gasteiger partial charge in [0.15, 0.2) is 0 Å². The van der Waals surface area contributed by atoms with Gasteiger partial charge in [0.2, 0.25) is 11.8 Å². The highest BCUT2D eigenvalue weighted by Crippen LogP contribution is 2.42. The molecule has 0 aliphatic carbocycles. The van der Waals surface area contributed by atoms with Crippen LogP contribution in [0, 0.1) is 5.92 Å². The van der Waals surface area contributed by atoms with Gasteiger partial charge in [-0.25, -0.2) is 0 Å². The van der Waals surface area contributed by atoms with E-state index in [1.165, 1.54) is 0 Å². The summed E-state index contributed by atoms with van der Waals surface area (Å²) in [5, 5.41) is 2.74. The number of carbonyl (C=O) groups excluding carboxylic acids is 2. The van der Waals surface area contributed by atoms with Crippen molar-refractivity contribution in [3.8, 4) is 0 Å². The van der Waals surface area contributed by atoms with Gasteiger partial charge in [0.05, 0.1) is 6.61 Å². The van der Waals surface area contributed by atoms with Crippen molar-refractivity contribution in [2.24, 2.45) is 5.92 Å². The first kappa shape index (κ1) is 17.8. The van der Waals surface area contributed by atoms with E-state index in [0.29, 0.717) is 18.9 Å². The molecule has 6 heteroatoms. The third-order valence-electron chi connectivity index (χ3n) is 3.74. The molecule has 1 aromatic rings. The lowest BCUT2D eigenvalue weighted by atomic mass is 10.1. The Hall–Kier alpha value is -1.53. The second-order valence-corrected chi connectivity index (χ2v) is 6.91. The van der Waals surface area contributed by atoms with E-state index < -0.39 is 6.04 Å². The minimum Gasteiger partial charge on any atom is -0.383 e. The van der Waals surface area contributed by atoms with E-state index in [-0.39, 0.29) is 23.1 Å². The minimum absolute atomic E-state index is 0.00995. The van der Waals surface area contributed by atoms with Crippen molar-refractivity contribution in [2.75, 3.05) is 26.0 Å². The predicted octanol–water partition coefficient (Wildman–Crippen LogP) is 2.05. The number of ether oxygens (including phenoxy) is 1. The zero-order valence-corrected chi connectivity index (χ0v) is 14.6. The Labute approximate surface area is 141 Å². The highest BCUT2D eigenvalue weighted by atomic mass is 32.2. The Morgan fingerprint density at radius 2 is 2.04 bits per heavy atom. The van der Waals surface area contributed by atoms with Gasteiger partial charge in [0.1, 0.15) is 11.4 Å². The molecule has 1 aromatic carbocycles. The fraction of sp³-hybridized carbons (Fsp3) is 0.529. The summed E-state index contributed by atoms with van der Waals surface area (Å²) < 4.78 is 4.96. The van der Waals surface area contributed by atoms with E-state index in [2.05, 4.69) is 5.32 Å². The van der Waals surface area contributed by atoms with Crippen LogP contribution in [0.2, 0.25) is 0 Å². The molecule has 1 aliphatic rings. The zero-order chi connectivity index (χ0) is 16.8. The SMILES string of the molecule is COCCNC(=O)[C@@H]1CS[C@@H](c2ccccc2)N1C(=O)C(C)C. The van der Waals surface area contributed by atoms with Crippen molar-refractivity contribution in [1.29, 1.82) is 0 Å². The van der Waals surface area contributed by atoms with Gasteiger partial charge in [-0.2, -0.15) is 0 Å². The van der Waals surface area contributed by atoms with Crippen molar-refractivity contribution in [2.45, 2.75) is 25.3 Å². The Balaban J connectivity index is 2.19. The number of methoxy groups -OCH3 is 1. The quantitative estimate of drug-likeness (QED) is 0.808. The Kier molecular flexibility index (Phi) is 6.47. The normalized spacial score (nSPS) is 20.8. The summed E-state index contributed by atoms with van der Waals surface area (Å²) in [5.41, 5.74) is 1.05. The molecule has 5 nitrogen and oxygen atoms in total. The van der Waals surface area contributed by atoms with Crippen LogP contribution in [0.5, 0.6) is 0 Å². The lowest BCUT2D eigenvalue weighted by Crippen LogP contribution is -2.49. The van der Waals surface area contributed by atoms with Crippen LogP contribution >= 0.6 is 11.8 Å². The number of hydrogen-bond donors (Lipinski definition) is 1. The second kappa shape index (κ2) is 8.36. The summed E-state index contributed by atoms with van der Waals surface area (Å²) in [4.78, 5) is 26.9. The number of benzene rings is 1. The highest BCUT2D eigenvalue weighted by molar-refractivity contribution is 7.99. The molecule has 1 aliphatic heterocycles. The lowest BCUT2D eigenvalue weighted by molar-refractivity contribution is -0.142. The maximum absolute atomic E-state index is 12.7. The van der Waals surface area contributed by atoms with Crippen molar-refractivity contribution < 1.29 is 14.3 Å². The average Bonchev–Trinajstić information content (AvgIpc) is 2.99. The van der Waals surface area contributed by atoms with Gasteiger partial charge < -0.3 is 15.0 Å². The summed E-state index contributed by atoms with van der Waals surface area (Å²) in [6.07, 6.45) is 0. The third kappa shape index (κ3) is 4.26. The van der Waals surface area contributed by atoms with Gasteiger partial charge in [0.25, 0.3) is 0 Å². The molecule has 0 saturated carbocycles. The number of thioether (sulfide) groups is 1. The number of nitrogens with one attached hydrogen (secondary N) is 1. The van der Waals surface area contributed by atoms with Crippen LogP contribution in [0.15, 0.2) is 30.3 Å². The van der Waals surface area contributed by atoms with Crippen molar-refractivity contribution in [3.63, 3.8) is 0 Å². The van der Waals surface area contributed by atoms with Gasteiger partial charge in [-0.3, -0.25) is 9.59 Å². The van der Waals surface area contributed by atoms with Crippen LogP contribution in [-0.4, -0.2) is 48.8 Å². The zero-order valence-electron chi connectivity index (χ0n) is 13.8. The van der Waals surface area contributed by atoms with Crippen LogP contribution in [0.25, 0.3) is 0 Å². The van der Waals surface area contributed by atoms with Gasteiger partial charge in [-0.05, 0) is 5.56 Å². The minimum atomic E-state index is -0.433. The second-order valence-electron chi connectivity index (χ2n) is 5.80. The molecule has 1 saturated heterocycles. The Morgan fingerprint density at radius 1 is 1.35 bits per heavy atom. The Bertz CT molecular complexity index is 536. The van der Waals surface area contributed by atoms with Crippen molar-refractivity contribution in [1.82, 2.24) is 10.2 Å². The maximum Gasteiger partial charge on any atom is 0.243 e. The molecule has 2 atom stereocenters. The first-order valence-corrected chi connectivity index (χ1v) is 8.86. The molecule has 126 valence electrons. The monoisotopic (exact) mass is 336 g/mol. The van der Waals surface area contributed by atoms with E-state index in [1.54, 1.807) is 23.8 Å². The molecule has 23 heavy (non-hydrogen) atoms. The average molecular weight is 336 g/mol. The van der Waals surface area contributed by atoms with E-state index in [1.807, 2.05) is 44.2 Å². The Morgan fingerprint density at radius 3 is 2.65 bits per heavy atom. The van der Waals surface area contributed by atoms with Crippen LogP contribution < -0.4 is 5.32 Å². The van der Waals surface area contributed by atoms with Crippen LogP contribution in [0.1, 0.15) is 24.8 Å². The number of hydrogen-bond acceptors (Lipinski definition) is 4. The molecule has 0 unspecified atom stereocenters. The van der Waals surface area contributed by atoms with Gasteiger partial charge >= 0.3 is 0 Å². The van der Waals surface area contributed by atoms with Crippen LogP contribution in [0.3, 0.4) is 0 Å². The number of amides is 2. The number of rotatable bonds is 6. The van der Waals surface area contributed by atoms with Crippen LogP contribution in [0.4, 0.5) is 0 Å². The fourth-order valence-corrected chi connectivity index (χ4v) is 3.98. The fourth-order valence-electron chi connectivity index (χ4n) is 2.54. The highest BCUT2D eigenvalue weighted by Gasteiger charge is 2.42. The molecular formula is C17H24N2O3S. The van der Waals surface area contributed by atoms with E-state index in [9.17, 15) is 9.59 Å². The topological polar surface area (TPSA) is 58.6 Å². The van der Waals surface area contributed by atoms with Crippen molar-refractivity contribution >= 4 is 23.6 Å². The molecule has 1 N–H and O–H groups in total. The van der Waals surface area contributed by atoms with Gasteiger partial charge in [-0.1, -0.05) is 44.2 Å². The van der Waals surface area contributed by atoms with Crippen LogP contribution in [-0.2, 0) is 14.3 Å². The van der Waals surface area contributed by atoms with E-state index in [0.717, 1.165) is 5.56 Å². The third-order valence-corrected chi connectivity index (χ3v) is 5.06. The van der Waals surface area contributed by atoms with Gasteiger partial charge in [-0.15, -0.1) is 11.8 Å². The predicted molar refractivity (Wildman–Crippen MR) is 92.0 cm³/mol.